The van der Waals surface area contributed by atoms with E-state index in [-0.39, 0.29) is 18.1 Å². The lowest BCUT2D eigenvalue weighted by molar-refractivity contribution is -0.126. The van der Waals surface area contributed by atoms with Crippen molar-refractivity contribution in [2.45, 2.75) is 25.5 Å². The maximum atomic E-state index is 12.0. The third kappa shape index (κ3) is 3.40. The van der Waals surface area contributed by atoms with E-state index in [4.69, 9.17) is 16.3 Å². The summed E-state index contributed by atoms with van der Waals surface area (Å²) in [5.74, 6) is 0.622. The van der Waals surface area contributed by atoms with Crippen LogP contribution in [0.15, 0.2) is 31.2 Å². The zero-order chi connectivity index (χ0) is 19.8. The molecule has 0 radical (unpaired) electrons. The van der Waals surface area contributed by atoms with Gasteiger partial charge in [-0.15, -0.1) is 0 Å². The van der Waals surface area contributed by atoms with Gasteiger partial charge in [0.05, 0.1) is 28.8 Å². The van der Waals surface area contributed by atoms with E-state index in [1.54, 1.807) is 22.0 Å². The Morgan fingerprint density at radius 2 is 2.32 bits per heavy atom. The molecule has 28 heavy (non-hydrogen) atoms. The topological polar surface area (TPSA) is 101 Å². The van der Waals surface area contributed by atoms with Crippen molar-refractivity contribution in [2.75, 3.05) is 11.9 Å². The van der Waals surface area contributed by atoms with Crippen LogP contribution in [0.5, 0.6) is 5.88 Å². The highest BCUT2D eigenvalue weighted by molar-refractivity contribution is 6.35. The monoisotopic (exact) mass is 401 g/mol. The fourth-order valence-electron chi connectivity index (χ4n) is 3.37. The molecule has 1 amide bonds. The van der Waals surface area contributed by atoms with Crippen LogP contribution in [0.4, 0.5) is 11.6 Å². The van der Waals surface area contributed by atoms with E-state index in [2.05, 4.69) is 31.9 Å². The Hall–Kier alpha value is -3.07. The number of nitrogens with zero attached hydrogens (tertiary/aromatic N) is 5. The number of aryl methyl sites for hydroxylation is 1. The number of aromatic amines is 1. The summed E-state index contributed by atoms with van der Waals surface area (Å²) in [5.41, 5.74) is 1.31. The molecule has 9 nitrogen and oxygen atoms in total. The average Bonchev–Trinajstić information content (AvgIpc) is 3.34. The lowest BCUT2D eigenvalue weighted by Gasteiger charge is -2.19. The number of anilines is 2. The molecular formula is C18H20ClN7O2. The molecule has 2 atom stereocenters. The number of aromatic nitrogens is 5. The van der Waals surface area contributed by atoms with Gasteiger partial charge in [0.1, 0.15) is 11.8 Å². The molecule has 1 aliphatic heterocycles. The number of rotatable bonds is 5. The SMILES string of the molecule is C=CC(=O)N1CC(Oc2nc(Nc3cnn(C)c3)nc3[nH]cc(Cl)c23)CC1C. The van der Waals surface area contributed by atoms with Gasteiger partial charge in [-0.2, -0.15) is 15.1 Å². The molecule has 2 unspecified atom stereocenters. The van der Waals surface area contributed by atoms with E-state index in [1.165, 1.54) is 6.08 Å². The van der Waals surface area contributed by atoms with E-state index in [0.717, 1.165) is 5.69 Å². The third-order valence-corrected chi connectivity index (χ3v) is 4.98. The number of carbonyl (C=O) groups excluding carboxylic acids is 1. The fourth-order valence-corrected chi connectivity index (χ4v) is 3.59. The Labute approximate surface area is 166 Å². The fraction of sp³-hybridized carbons (Fsp3) is 0.333. The van der Waals surface area contributed by atoms with Crippen LogP contribution in [0.3, 0.4) is 0 Å². The first kappa shape index (κ1) is 18.3. The first-order valence-corrected chi connectivity index (χ1v) is 9.22. The van der Waals surface area contributed by atoms with Gasteiger partial charge in [0, 0.05) is 31.9 Å². The number of ether oxygens (including phenoxy) is 1. The Balaban J connectivity index is 1.63. The van der Waals surface area contributed by atoms with Crippen molar-refractivity contribution in [3.63, 3.8) is 0 Å². The van der Waals surface area contributed by atoms with Crippen molar-refractivity contribution in [3.05, 3.63) is 36.3 Å². The van der Waals surface area contributed by atoms with Crippen molar-refractivity contribution in [1.82, 2.24) is 29.6 Å². The number of amides is 1. The van der Waals surface area contributed by atoms with E-state index in [9.17, 15) is 4.79 Å². The molecule has 1 fully saturated rings. The first-order chi connectivity index (χ1) is 13.4. The smallest absolute Gasteiger partial charge is 0.246 e. The maximum Gasteiger partial charge on any atom is 0.246 e. The predicted molar refractivity (Wildman–Crippen MR) is 106 cm³/mol. The summed E-state index contributed by atoms with van der Waals surface area (Å²) in [5, 5.41) is 8.31. The lowest BCUT2D eigenvalue weighted by Crippen LogP contribution is -2.33. The van der Waals surface area contributed by atoms with Crippen LogP contribution in [0.1, 0.15) is 13.3 Å². The highest BCUT2D eigenvalue weighted by atomic mass is 35.5. The summed E-state index contributed by atoms with van der Waals surface area (Å²) < 4.78 is 7.84. The van der Waals surface area contributed by atoms with Crippen LogP contribution in [-0.4, -0.2) is 54.2 Å². The minimum Gasteiger partial charge on any atom is -0.472 e. The Morgan fingerprint density at radius 1 is 1.50 bits per heavy atom. The van der Waals surface area contributed by atoms with Crippen LogP contribution < -0.4 is 10.1 Å². The largest absolute Gasteiger partial charge is 0.472 e. The molecule has 2 N–H and O–H groups in total. The predicted octanol–water partition coefficient (Wildman–Crippen LogP) is 2.64. The number of carbonyl (C=O) groups is 1. The molecule has 4 heterocycles. The van der Waals surface area contributed by atoms with Crippen LogP contribution in [0, 0.1) is 0 Å². The summed E-state index contributed by atoms with van der Waals surface area (Å²) in [4.78, 5) is 25.7. The molecule has 0 bridgehead atoms. The minimum absolute atomic E-state index is 0.0579. The summed E-state index contributed by atoms with van der Waals surface area (Å²) in [7, 11) is 1.83. The van der Waals surface area contributed by atoms with Gasteiger partial charge in [-0.05, 0) is 13.0 Å². The summed E-state index contributed by atoms with van der Waals surface area (Å²) in [6.45, 7) is 6.01. The van der Waals surface area contributed by atoms with Crippen molar-refractivity contribution < 1.29 is 9.53 Å². The van der Waals surface area contributed by atoms with Gasteiger partial charge in [0.15, 0.2) is 0 Å². The molecule has 0 aliphatic carbocycles. The Morgan fingerprint density at radius 3 is 3.04 bits per heavy atom. The summed E-state index contributed by atoms with van der Waals surface area (Å²) in [6, 6.07) is 0.0579. The minimum atomic E-state index is -0.200. The molecule has 0 spiro atoms. The number of hydrogen-bond donors (Lipinski definition) is 2. The van der Waals surface area contributed by atoms with E-state index < -0.39 is 0 Å². The normalized spacial score (nSPS) is 19.2. The van der Waals surface area contributed by atoms with Crippen LogP contribution in [-0.2, 0) is 11.8 Å². The van der Waals surface area contributed by atoms with Crippen LogP contribution in [0.25, 0.3) is 11.0 Å². The van der Waals surface area contributed by atoms with Gasteiger partial charge in [-0.25, -0.2) is 0 Å². The highest BCUT2D eigenvalue weighted by Gasteiger charge is 2.33. The van der Waals surface area contributed by atoms with Crippen molar-refractivity contribution in [2.24, 2.45) is 7.05 Å². The van der Waals surface area contributed by atoms with E-state index in [0.29, 0.717) is 40.8 Å². The quantitative estimate of drug-likeness (QED) is 0.637. The number of likely N-dealkylation sites (tertiary alicyclic amines) is 1. The van der Waals surface area contributed by atoms with Gasteiger partial charge < -0.3 is 19.9 Å². The average molecular weight is 402 g/mol. The number of halogens is 1. The van der Waals surface area contributed by atoms with Crippen LogP contribution >= 0.6 is 11.6 Å². The highest BCUT2D eigenvalue weighted by Crippen LogP contribution is 2.33. The maximum absolute atomic E-state index is 12.0. The number of nitrogens with one attached hydrogen (secondary N) is 2. The van der Waals surface area contributed by atoms with Crippen molar-refractivity contribution >= 4 is 40.2 Å². The van der Waals surface area contributed by atoms with Gasteiger partial charge in [-0.3, -0.25) is 9.48 Å². The molecule has 10 heteroatoms. The molecular weight excluding hydrogens is 382 g/mol. The molecule has 4 rings (SSSR count). The molecule has 1 aliphatic rings. The second kappa shape index (κ2) is 7.16. The zero-order valence-electron chi connectivity index (χ0n) is 15.5. The second-order valence-electron chi connectivity index (χ2n) is 6.76. The molecule has 0 aromatic carbocycles. The molecule has 0 saturated carbocycles. The Kier molecular flexibility index (Phi) is 4.68. The molecule has 3 aromatic rings. The molecule has 1 saturated heterocycles. The van der Waals surface area contributed by atoms with E-state index in [1.807, 2.05) is 20.2 Å². The van der Waals surface area contributed by atoms with Gasteiger partial charge in [0.2, 0.25) is 17.7 Å². The van der Waals surface area contributed by atoms with Crippen molar-refractivity contribution in [1.29, 1.82) is 0 Å². The van der Waals surface area contributed by atoms with Gasteiger partial charge in [-0.1, -0.05) is 18.2 Å². The third-order valence-electron chi connectivity index (χ3n) is 4.68. The van der Waals surface area contributed by atoms with E-state index >= 15 is 0 Å². The van der Waals surface area contributed by atoms with Crippen LogP contribution in [0.2, 0.25) is 5.02 Å². The Bertz CT molecular complexity index is 1040. The molecule has 3 aromatic heterocycles. The lowest BCUT2D eigenvalue weighted by atomic mass is 10.2. The van der Waals surface area contributed by atoms with Gasteiger partial charge >= 0.3 is 0 Å². The number of H-pyrrole nitrogens is 1. The zero-order valence-corrected chi connectivity index (χ0v) is 16.3. The number of hydrogen-bond acceptors (Lipinski definition) is 6. The first-order valence-electron chi connectivity index (χ1n) is 8.84. The standard InChI is InChI=1S/C18H20ClN7O2/c1-4-14(27)26-9-12(5-10(26)2)28-17-15-13(19)7-20-16(15)23-18(24-17)22-11-6-21-25(3)8-11/h4,6-8,10,12H,1,5,9H2,2-3H3,(H2,20,22,23,24). The second-order valence-corrected chi connectivity index (χ2v) is 7.17. The van der Waals surface area contributed by atoms with Crippen molar-refractivity contribution in [3.8, 4) is 5.88 Å². The number of fused-ring (bicyclic) bond motifs is 1. The summed E-state index contributed by atoms with van der Waals surface area (Å²) >= 11 is 6.31. The van der Waals surface area contributed by atoms with Gasteiger partial charge in [0.25, 0.3) is 0 Å². The molecule has 146 valence electrons. The summed E-state index contributed by atoms with van der Waals surface area (Å²) in [6.07, 6.45) is 6.95.